The summed E-state index contributed by atoms with van der Waals surface area (Å²) in [5, 5.41) is 4.26. The molecule has 20 heavy (non-hydrogen) atoms. The Hall–Kier alpha value is -2.12. The van der Waals surface area contributed by atoms with Gasteiger partial charge in [-0.05, 0) is 6.07 Å². The van der Waals surface area contributed by atoms with Gasteiger partial charge in [-0.25, -0.2) is 0 Å². The largest absolute Gasteiger partial charge is 0.408 e. The first kappa shape index (κ1) is 14.3. The van der Waals surface area contributed by atoms with Crippen LogP contribution in [0.4, 0.5) is 13.2 Å². The summed E-state index contributed by atoms with van der Waals surface area (Å²) in [6.07, 6.45) is -1.52. The zero-order valence-electron chi connectivity index (χ0n) is 10.7. The Morgan fingerprint density at radius 3 is 2.75 bits per heavy atom. The quantitative estimate of drug-likeness (QED) is 0.933. The van der Waals surface area contributed by atoms with Crippen molar-refractivity contribution in [3.8, 4) is 0 Å². The van der Waals surface area contributed by atoms with Crippen molar-refractivity contribution in [2.24, 2.45) is 5.73 Å². The lowest BCUT2D eigenvalue weighted by Gasteiger charge is -2.10. The molecule has 0 radical (unpaired) electrons. The molecule has 0 saturated carbocycles. The molecule has 2 rings (SSSR count). The zero-order valence-corrected chi connectivity index (χ0v) is 10.7. The Morgan fingerprint density at radius 2 is 2.15 bits per heavy atom. The minimum atomic E-state index is -4.34. The Morgan fingerprint density at radius 1 is 1.45 bits per heavy atom. The van der Waals surface area contributed by atoms with Crippen molar-refractivity contribution in [1.82, 2.24) is 14.8 Å². The van der Waals surface area contributed by atoms with Crippen molar-refractivity contribution in [2.45, 2.75) is 32.0 Å². The molecule has 2 N–H and O–H groups in total. The molecule has 5 nitrogen and oxygen atoms in total. The first-order valence-corrected chi connectivity index (χ1v) is 5.93. The number of hydrogen-bond donors (Lipinski definition) is 1. The van der Waals surface area contributed by atoms with E-state index in [1.165, 1.54) is 12.4 Å². The molecule has 1 amide bonds. The number of aromatic nitrogens is 3. The number of pyridine rings is 1. The fourth-order valence-corrected chi connectivity index (χ4v) is 1.97. The van der Waals surface area contributed by atoms with Crippen LogP contribution in [0, 0.1) is 0 Å². The van der Waals surface area contributed by atoms with Crippen molar-refractivity contribution < 1.29 is 18.0 Å². The van der Waals surface area contributed by atoms with E-state index in [9.17, 15) is 18.0 Å². The van der Waals surface area contributed by atoms with E-state index in [-0.39, 0.29) is 12.3 Å². The molecule has 0 saturated heterocycles. The predicted molar refractivity (Wildman–Crippen MR) is 65.8 cm³/mol. The van der Waals surface area contributed by atoms with Crippen molar-refractivity contribution >= 4 is 16.8 Å². The number of halogens is 3. The normalized spacial score (nSPS) is 13.6. The molecule has 2 heterocycles. The fraction of sp³-hybridized carbons (Fsp3) is 0.417. The lowest BCUT2D eigenvalue weighted by Crippen LogP contribution is -2.18. The van der Waals surface area contributed by atoms with Gasteiger partial charge in [0, 0.05) is 23.4 Å². The SMILES string of the molecule is C[C@H](CC(N)=O)c1cc2cnn(CC(F)(F)F)c2cn1. The number of nitrogens with two attached hydrogens (primary N) is 1. The number of nitrogens with zero attached hydrogens (tertiary/aromatic N) is 3. The van der Waals surface area contributed by atoms with E-state index in [0.29, 0.717) is 16.6 Å². The van der Waals surface area contributed by atoms with Crippen LogP contribution in [0.2, 0.25) is 0 Å². The summed E-state index contributed by atoms with van der Waals surface area (Å²) in [5.41, 5.74) is 6.01. The number of carbonyl (C=O) groups excluding carboxylic acids is 1. The minimum absolute atomic E-state index is 0.134. The maximum Gasteiger partial charge on any atom is 0.408 e. The van der Waals surface area contributed by atoms with Crippen molar-refractivity contribution in [3.63, 3.8) is 0 Å². The molecule has 0 aromatic carbocycles. The number of alkyl halides is 3. The van der Waals surface area contributed by atoms with Gasteiger partial charge in [-0.1, -0.05) is 6.92 Å². The Labute approximate surface area is 112 Å². The summed E-state index contributed by atoms with van der Waals surface area (Å²) in [4.78, 5) is 14.9. The van der Waals surface area contributed by atoms with E-state index >= 15 is 0 Å². The molecular weight excluding hydrogens is 273 g/mol. The summed E-state index contributed by atoms with van der Waals surface area (Å²) in [5.74, 6) is -0.643. The van der Waals surface area contributed by atoms with Gasteiger partial charge in [0.05, 0.1) is 17.9 Å². The first-order chi connectivity index (χ1) is 9.26. The molecule has 0 aliphatic rings. The van der Waals surface area contributed by atoms with Gasteiger partial charge in [0.25, 0.3) is 0 Å². The van der Waals surface area contributed by atoms with Crippen LogP contribution in [0.5, 0.6) is 0 Å². The number of amides is 1. The zero-order chi connectivity index (χ0) is 14.9. The van der Waals surface area contributed by atoms with Gasteiger partial charge < -0.3 is 5.73 Å². The number of primary amides is 1. The highest BCUT2D eigenvalue weighted by atomic mass is 19.4. The minimum Gasteiger partial charge on any atom is -0.370 e. The van der Waals surface area contributed by atoms with E-state index in [1.54, 1.807) is 13.0 Å². The molecule has 0 aliphatic heterocycles. The number of rotatable bonds is 4. The number of carbonyl (C=O) groups is 1. The molecule has 2 aromatic heterocycles. The van der Waals surface area contributed by atoms with Crippen molar-refractivity contribution in [2.75, 3.05) is 0 Å². The third kappa shape index (κ3) is 3.25. The summed E-state index contributed by atoms with van der Waals surface area (Å²) >= 11 is 0. The molecule has 1 atom stereocenters. The van der Waals surface area contributed by atoms with Gasteiger partial charge in [0.2, 0.25) is 5.91 Å². The summed E-state index contributed by atoms with van der Waals surface area (Å²) in [7, 11) is 0. The average Bonchev–Trinajstić information content (AvgIpc) is 2.68. The third-order valence-corrected chi connectivity index (χ3v) is 2.89. The number of hydrogen-bond acceptors (Lipinski definition) is 3. The molecule has 2 aromatic rings. The van der Waals surface area contributed by atoms with Crippen molar-refractivity contribution in [3.05, 3.63) is 24.2 Å². The molecule has 0 spiro atoms. The van der Waals surface area contributed by atoms with Crippen LogP contribution in [-0.4, -0.2) is 26.8 Å². The molecule has 0 unspecified atom stereocenters. The highest BCUT2D eigenvalue weighted by Crippen LogP contribution is 2.24. The van der Waals surface area contributed by atoms with Crippen LogP contribution < -0.4 is 5.73 Å². The first-order valence-electron chi connectivity index (χ1n) is 5.93. The third-order valence-electron chi connectivity index (χ3n) is 2.89. The monoisotopic (exact) mass is 286 g/mol. The molecule has 0 bridgehead atoms. The number of fused-ring (bicyclic) bond motifs is 1. The van der Waals surface area contributed by atoms with E-state index in [4.69, 9.17) is 5.73 Å². The second-order valence-corrected chi connectivity index (χ2v) is 4.66. The lowest BCUT2D eigenvalue weighted by atomic mass is 10.0. The van der Waals surface area contributed by atoms with Gasteiger partial charge in [-0.15, -0.1) is 0 Å². The topological polar surface area (TPSA) is 73.8 Å². The summed E-state index contributed by atoms with van der Waals surface area (Å²) < 4.78 is 37.9. The Balaban J connectivity index is 2.30. The molecule has 0 aliphatic carbocycles. The smallest absolute Gasteiger partial charge is 0.370 e. The second kappa shape index (κ2) is 5.10. The second-order valence-electron chi connectivity index (χ2n) is 4.66. The van der Waals surface area contributed by atoms with E-state index in [2.05, 4.69) is 10.1 Å². The molecular formula is C12H13F3N4O. The van der Waals surface area contributed by atoms with Crippen LogP contribution in [-0.2, 0) is 11.3 Å². The standard InChI is InChI=1S/C12H13F3N4O/c1-7(2-11(16)20)9-3-8-4-18-19(6-12(13,14)15)10(8)5-17-9/h3-5,7H,2,6H2,1H3,(H2,16,20)/t7-/m1/s1. The summed E-state index contributed by atoms with van der Waals surface area (Å²) in [6, 6.07) is 1.63. The molecule has 108 valence electrons. The van der Waals surface area contributed by atoms with Gasteiger partial charge in [-0.3, -0.25) is 14.5 Å². The van der Waals surface area contributed by atoms with Crippen LogP contribution >= 0.6 is 0 Å². The van der Waals surface area contributed by atoms with Gasteiger partial charge in [0.15, 0.2) is 0 Å². The van der Waals surface area contributed by atoms with Gasteiger partial charge in [0.1, 0.15) is 6.54 Å². The Bertz CT molecular complexity index is 635. The van der Waals surface area contributed by atoms with E-state index in [1.807, 2.05) is 0 Å². The van der Waals surface area contributed by atoms with Crippen LogP contribution in [0.3, 0.4) is 0 Å². The Kier molecular flexibility index (Phi) is 3.65. The average molecular weight is 286 g/mol. The van der Waals surface area contributed by atoms with E-state index in [0.717, 1.165) is 4.68 Å². The van der Waals surface area contributed by atoms with Crippen LogP contribution in [0.1, 0.15) is 25.0 Å². The van der Waals surface area contributed by atoms with E-state index < -0.39 is 18.6 Å². The highest BCUT2D eigenvalue weighted by Gasteiger charge is 2.29. The lowest BCUT2D eigenvalue weighted by molar-refractivity contribution is -0.141. The highest BCUT2D eigenvalue weighted by molar-refractivity contribution is 5.79. The van der Waals surface area contributed by atoms with Gasteiger partial charge >= 0.3 is 6.18 Å². The molecule has 8 heteroatoms. The fourth-order valence-electron chi connectivity index (χ4n) is 1.97. The van der Waals surface area contributed by atoms with Crippen molar-refractivity contribution in [1.29, 1.82) is 0 Å². The van der Waals surface area contributed by atoms with Crippen LogP contribution in [0.15, 0.2) is 18.5 Å². The van der Waals surface area contributed by atoms with Crippen LogP contribution in [0.25, 0.3) is 10.9 Å². The maximum absolute atomic E-state index is 12.4. The maximum atomic E-state index is 12.4. The van der Waals surface area contributed by atoms with Gasteiger partial charge in [-0.2, -0.15) is 18.3 Å². The molecule has 0 fully saturated rings. The predicted octanol–water partition coefficient (Wildman–Crippen LogP) is 1.97. The summed E-state index contributed by atoms with van der Waals surface area (Å²) in [6.45, 7) is 0.618.